The molecule has 16 heavy (non-hydrogen) atoms. The minimum atomic E-state index is -4.28. The molecule has 0 rings (SSSR count). The number of Topliss-reactive ketones (excluding diaryl/α,β-unsaturated/α-hetero) is 1. The van der Waals surface area contributed by atoms with Crippen LogP contribution in [-0.2, 0) is 14.9 Å². The molecule has 0 aromatic rings. The second-order valence-electron chi connectivity index (χ2n) is 3.48. The Bertz CT molecular complexity index is 292. The first-order chi connectivity index (χ1) is 6.93. The second-order valence-corrected chi connectivity index (χ2v) is 5.08. The van der Waals surface area contributed by atoms with E-state index in [1.165, 1.54) is 7.05 Å². The van der Waals surface area contributed by atoms with E-state index in [1.807, 2.05) is 6.92 Å². The van der Waals surface area contributed by atoms with Crippen molar-refractivity contribution in [3.63, 3.8) is 0 Å². The fourth-order valence-electron chi connectivity index (χ4n) is 1.28. The third kappa shape index (κ3) is 7.76. The van der Waals surface area contributed by atoms with Gasteiger partial charge in [-0.15, -0.1) is 0 Å². The Balaban J connectivity index is 0. The van der Waals surface area contributed by atoms with E-state index in [4.69, 9.17) is 4.55 Å². The van der Waals surface area contributed by atoms with E-state index < -0.39 is 21.2 Å². The predicted octanol–water partition coefficient (Wildman–Crippen LogP) is -0.0369. The van der Waals surface area contributed by atoms with E-state index in [0.29, 0.717) is 6.42 Å². The summed E-state index contributed by atoms with van der Waals surface area (Å²) in [4.78, 5) is 11.5. The molecule has 0 aliphatic carbocycles. The van der Waals surface area contributed by atoms with Crippen molar-refractivity contribution in [3.05, 3.63) is 0 Å². The first-order valence-corrected chi connectivity index (χ1v) is 6.57. The number of hydrogen-bond acceptors (Lipinski definition) is 4. The van der Waals surface area contributed by atoms with Crippen LogP contribution in [0, 0.1) is 0 Å². The summed E-state index contributed by atoms with van der Waals surface area (Å²) in [5.41, 5.74) is 0. The zero-order valence-corrected chi connectivity index (χ0v) is 10.0. The molecule has 0 saturated carbocycles. The van der Waals surface area contributed by atoms with Crippen molar-refractivity contribution in [2.24, 2.45) is 0 Å². The monoisotopic (exact) mass is 261 g/mol. The summed E-state index contributed by atoms with van der Waals surface area (Å²) in [6.07, 6.45) is 2.74. The van der Waals surface area contributed by atoms with Gasteiger partial charge in [-0.25, -0.2) is 0 Å². The molecule has 0 radical (unpaired) electrons. The number of carbonyl (C=O) groups excluding carboxylic acids is 1. The van der Waals surface area contributed by atoms with Crippen molar-refractivity contribution < 1.29 is 17.8 Å². The van der Waals surface area contributed by atoms with Crippen LogP contribution >= 0.6 is 0 Å². The first-order valence-electron chi connectivity index (χ1n) is 5.07. The molecule has 0 aromatic carbocycles. The maximum absolute atomic E-state index is 11.5. The molecule has 0 aliphatic heterocycles. The Morgan fingerprint density at radius 2 is 1.94 bits per heavy atom. The van der Waals surface area contributed by atoms with Crippen molar-refractivity contribution in [1.82, 2.24) is 5.32 Å². The van der Waals surface area contributed by atoms with Gasteiger partial charge in [-0.3, -0.25) is 9.35 Å². The number of nitrogens with one attached hydrogen (secondary N) is 1. The molecule has 5 nitrogen and oxygen atoms in total. The van der Waals surface area contributed by atoms with Gasteiger partial charge in [0.15, 0.2) is 11.0 Å². The molecule has 7 heteroatoms. The van der Waals surface area contributed by atoms with Gasteiger partial charge in [0.1, 0.15) is 0 Å². The van der Waals surface area contributed by atoms with E-state index in [1.54, 1.807) is 0 Å². The Morgan fingerprint density at radius 1 is 1.38 bits per heavy atom. The molecular weight excluding hydrogens is 241 g/mol. The summed E-state index contributed by atoms with van der Waals surface area (Å²) in [5.74, 6) is -0.416. The van der Waals surface area contributed by atoms with Gasteiger partial charge < -0.3 is 5.32 Å². The van der Waals surface area contributed by atoms with E-state index in [0.717, 1.165) is 12.8 Å². The average molecular weight is 261 g/mol. The van der Waals surface area contributed by atoms with Gasteiger partial charge in [-0.1, -0.05) is 19.8 Å². The average Bonchev–Trinajstić information content (AvgIpc) is 2.12. The minimum absolute atomic E-state index is 0. The van der Waals surface area contributed by atoms with Crippen LogP contribution in [0.3, 0.4) is 0 Å². The number of carbonyl (C=O) groups is 1. The van der Waals surface area contributed by atoms with Gasteiger partial charge in [0.2, 0.25) is 0 Å². The molecule has 1 atom stereocenters. The topological polar surface area (TPSA) is 83.5 Å². The standard InChI is InChI=1S/C9H19NO4S.Na.H/c1-3-4-5-6-8(11)9(7-10-2)15(12,13)14;;/h9-10H,3-7H2,1-2H3,(H,12,13,14);;. The zero-order chi connectivity index (χ0) is 11.9. The van der Waals surface area contributed by atoms with Crippen LogP contribution in [0.4, 0.5) is 0 Å². The Hall–Kier alpha value is 0.540. The van der Waals surface area contributed by atoms with E-state index >= 15 is 0 Å². The van der Waals surface area contributed by atoms with Crippen molar-refractivity contribution >= 4 is 45.5 Å². The maximum atomic E-state index is 11.5. The van der Waals surface area contributed by atoms with Crippen LogP contribution in [-0.4, -0.2) is 67.2 Å². The van der Waals surface area contributed by atoms with Gasteiger partial charge in [-0.2, -0.15) is 8.42 Å². The number of rotatable bonds is 8. The summed E-state index contributed by atoms with van der Waals surface area (Å²) in [7, 11) is -2.74. The molecule has 0 aromatic heterocycles. The quantitative estimate of drug-likeness (QED) is 0.364. The molecule has 0 spiro atoms. The molecule has 0 aliphatic rings. The van der Waals surface area contributed by atoms with Crippen LogP contribution in [0.2, 0.25) is 0 Å². The van der Waals surface area contributed by atoms with Gasteiger partial charge in [0.25, 0.3) is 10.1 Å². The molecule has 2 N–H and O–H groups in total. The summed E-state index contributed by atoms with van der Waals surface area (Å²) >= 11 is 0. The van der Waals surface area contributed by atoms with E-state index in [9.17, 15) is 13.2 Å². The summed E-state index contributed by atoms with van der Waals surface area (Å²) in [5, 5.41) is 1.27. The van der Waals surface area contributed by atoms with Crippen LogP contribution < -0.4 is 5.32 Å². The molecule has 0 saturated heterocycles. The van der Waals surface area contributed by atoms with Gasteiger partial charge in [0.05, 0.1) is 0 Å². The third-order valence-corrected chi connectivity index (χ3v) is 3.28. The van der Waals surface area contributed by atoms with Gasteiger partial charge in [0, 0.05) is 13.0 Å². The normalized spacial score (nSPS) is 12.9. The van der Waals surface area contributed by atoms with Crippen molar-refractivity contribution in [3.8, 4) is 0 Å². The Morgan fingerprint density at radius 3 is 2.31 bits per heavy atom. The summed E-state index contributed by atoms with van der Waals surface area (Å²) in [6, 6.07) is 0. The Kier molecular flexibility index (Phi) is 11.3. The summed E-state index contributed by atoms with van der Waals surface area (Å²) < 4.78 is 30.6. The van der Waals surface area contributed by atoms with Crippen molar-refractivity contribution in [2.45, 2.75) is 37.9 Å². The number of unbranched alkanes of at least 4 members (excludes halogenated alkanes) is 2. The fraction of sp³-hybridized carbons (Fsp3) is 0.889. The second kappa shape index (κ2) is 9.56. The number of ketones is 1. The van der Waals surface area contributed by atoms with Gasteiger partial charge >= 0.3 is 29.6 Å². The molecule has 92 valence electrons. The molecule has 0 heterocycles. The predicted molar refractivity (Wildman–Crippen MR) is 65.6 cm³/mol. The van der Waals surface area contributed by atoms with Crippen LogP contribution in [0.5, 0.6) is 0 Å². The molecule has 0 bridgehead atoms. The molecular formula is C9H20NNaO4S. The summed E-state index contributed by atoms with van der Waals surface area (Å²) in [6.45, 7) is 1.96. The van der Waals surface area contributed by atoms with Crippen LogP contribution in [0.15, 0.2) is 0 Å². The third-order valence-electron chi connectivity index (χ3n) is 2.13. The van der Waals surface area contributed by atoms with E-state index in [-0.39, 0.29) is 42.5 Å². The van der Waals surface area contributed by atoms with Crippen molar-refractivity contribution in [2.75, 3.05) is 13.6 Å². The molecule has 0 fully saturated rings. The molecule has 1 unspecified atom stereocenters. The van der Waals surface area contributed by atoms with Gasteiger partial charge in [-0.05, 0) is 13.5 Å². The Labute approximate surface area is 119 Å². The zero-order valence-electron chi connectivity index (χ0n) is 9.19. The number of hydrogen-bond donors (Lipinski definition) is 2. The van der Waals surface area contributed by atoms with Crippen LogP contribution in [0.1, 0.15) is 32.6 Å². The van der Waals surface area contributed by atoms with E-state index in [2.05, 4.69) is 5.32 Å². The van der Waals surface area contributed by atoms with Crippen molar-refractivity contribution in [1.29, 1.82) is 0 Å². The fourth-order valence-corrected chi connectivity index (χ4v) is 2.11. The SMILES string of the molecule is CCCCCC(=O)C(CNC)S(=O)(=O)O.[NaH]. The molecule has 0 amide bonds. The first kappa shape index (κ1) is 18.9. The van der Waals surface area contributed by atoms with Crippen LogP contribution in [0.25, 0.3) is 0 Å².